The quantitative estimate of drug-likeness (QED) is 0.821. The van der Waals surface area contributed by atoms with Crippen molar-refractivity contribution in [3.8, 4) is 5.75 Å². The fourth-order valence-corrected chi connectivity index (χ4v) is 4.02. The van der Waals surface area contributed by atoms with Crippen LogP contribution in [0.1, 0.15) is 38.5 Å². The number of amides is 1. The molecule has 0 atom stereocenters. The lowest BCUT2D eigenvalue weighted by Crippen LogP contribution is -2.52. The molecule has 2 N–H and O–H groups in total. The fourth-order valence-electron chi connectivity index (χ4n) is 4.02. The fraction of sp³-hybridized carbons (Fsp3) is 0.500. The molecule has 7 heteroatoms. The van der Waals surface area contributed by atoms with Crippen molar-refractivity contribution < 1.29 is 9.53 Å². The van der Waals surface area contributed by atoms with E-state index in [1.54, 1.807) is 6.20 Å². The van der Waals surface area contributed by atoms with Gasteiger partial charge in [-0.15, -0.1) is 12.4 Å². The van der Waals surface area contributed by atoms with Gasteiger partial charge in [0.1, 0.15) is 11.3 Å². The number of rotatable bonds is 5. The third kappa shape index (κ3) is 4.28. The summed E-state index contributed by atoms with van der Waals surface area (Å²) in [6.07, 6.45) is 10.1. The highest BCUT2D eigenvalue weighted by molar-refractivity contribution is 5.96. The second-order valence-corrected chi connectivity index (χ2v) is 7.24. The molecule has 2 fully saturated rings. The zero-order valence-corrected chi connectivity index (χ0v) is 16.2. The monoisotopic (exact) mass is 390 g/mol. The van der Waals surface area contributed by atoms with Crippen LogP contribution in [-0.2, 0) is 10.3 Å². The van der Waals surface area contributed by atoms with Gasteiger partial charge in [-0.05, 0) is 69.8 Å². The Balaban J connectivity index is 0.00000210. The Hall–Kier alpha value is -2.05. The second kappa shape index (κ2) is 8.76. The first-order valence-electron chi connectivity index (χ1n) is 9.55. The normalized spacial score (nSPS) is 19.3. The Morgan fingerprint density at radius 1 is 1.22 bits per heavy atom. The van der Waals surface area contributed by atoms with Gasteiger partial charge in [0.05, 0.1) is 6.10 Å². The minimum Gasteiger partial charge on any atom is -0.490 e. The molecule has 0 radical (unpaired) electrons. The standard InChI is InChI=1S/C20H26N4O2.ClH/c25-19(20(9-12-21-13-10-20)24-14-4-11-22-24)23-16-5-3-8-18(15-16)26-17-6-1-2-7-17;/h3-5,8,11,14-15,17,21H,1-2,6-7,9-10,12-13H2,(H,23,25);1H. The summed E-state index contributed by atoms with van der Waals surface area (Å²) in [6.45, 7) is 1.61. The van der Waals surface area contributed by atoms with Crippen LogP contribution in [0.3, 0.4) is 0 Å². The largest absolute Gasteiger partial charge is 0.490 e. The summed E-state index contributed by atoms with van der Waals surface area (Å²) in [5.74, 6) is 0.814. The van der Waals surface area contributed by atoms with E-state index in [0.29, 0.717) is 6.10 Å². The molecule has 1 aliphatic heterocycles. The summed E-state index contributed by atoms with van der Waals surface area (Å²) in [5.41, 5.74) is 0.132. The summed E-state index contributed by atoms with van der Waals surface area (Å²) in [4.78, 5) is 13.2. The van der Waals surface area contributed by atoms with Crippen molar-refractivity contribution in [3.05, 3.63) is 42.7 Å². The van der Waals surface area contributed by atoms with Crippen molar-refractivity contribution in [2.45, 2.75) is 50.2 Å². The average Bonchev–Trinajstić information content (AvgIpc) is 3.37. The Morgan fingerprint density at radius 2 is 2.00 bits per heavy atom. The molecule has 1 aromatic heterocycles. The van der Waals surface area contributed by atoms with Gasteiger partial charge in [-0.3, -0.25) is 9.48 Å². The Bertz CT molecular complexity index is 738. The molecule has 1 amide bonds. The van der Waals surface area contributed by atoms with Crippen LogP contribution in [0.4, 0.5) is 5.69 Å². The van der Waals surface area contributed by atoms with E-state index in [-0.39, 0.29) is 18.3 Å². The average molecular weight is 391 g/mol. The van der Waals surface area contributed by atoms with Crippen LogP contribution >= 0.6 is 12.4 Å². The number of hydrogen-bond acceptors (Lipinski definition) is 4. The number of anilines is 1. The number of halogens is 1. The van der Waals surface area contributed by atoms with Gasteiger partial charge in [-0.2, -0.15) is 5.10 Å². The van der Waals surface area contributed by atoms with Crippen molar-refractivity contribution in [3.63, 3.8) is 0 Å². The smallest absolute Gasteiger partial charge is 0.252 e. The zero-order chi connectivity index (χ0) is 17.8. The Labute approximate surface area is 166 Å². The SMILES string of the molecule is Cl.O=C(Nc1cccc(OC2CCCC2)c1)C1(n2cccn2)CCNCC1. The second-order valence-electron chi connectivity index (χ2n) is 7.24. The molecule has 1 saturated heterocycles. The van der Waals surface area contributed by atoms with Gasteiger partial charge < -0.3 is 15.4 Å². The molecule has 27 heavy (non-hydrogen) atoms. The predicted molar refractivity (Wildman–Crippen MR) is 108 cm³/mol. The highest BCUT2D eigenvalue weighted by atomic mass is 35.5. The van der Waals surface area contributed by atoms with Crippen LogP contribution < -0.4 is 15.4 Å². The molecule has 2 aliphatic rings. The summed E-state index contributed by atoms with van der Waals surface area (Å²) in [5, 5.41) is 10.8. The molecule has 2 aromatic rings. The molecule has 1 aromatic carbocycles. The van der Waals surface area contributed by atoms with Gasteiger partial charge in [0.25, 0.3) is 5.91 Å². The first-order valence-corrected chi connectivity index (χ1v) is 9.55. The predicted octanol–water partition coefficient (Wildman–Crippen LogP) is 3.34. The van der Waals surface area contributed by atoms with Crippen LogP contribution in [0.5, 0.6) is 5.75 Å². The van der Waals surface area contributed by atoms with Crippen LogP contribution in [0, 0.1) is 0 Å². The van der Waals surface area contributed by atoms with Gasteiger partial charge in [0, 0.05) is 24.1 Å². The number of nitrogens with one attached hydrogen (secondary N) is 2. The molecule has 6 nitrogen and oxygen atoms in total. The van der Waals surface area contributed by atoms with Gasteiger partial charge in [-0.25, -0.2) is 0 Å². The lowest BCUT2D eigenvalue weighted by atomic mass is 9.87. The Kier molecular flexibility index (Phi) is 6.39. The third-order valence-corrected chi connectivity index (χ3v) is 5.49. The summed E-state index contributed by atoms with van der Waals surface area (Å²) in [6, 6.07) is 9.60. The van der Waals surface area contributed by atoms with Gasteiger partial charge in [0.15, 0.2) is 0 Å². The van der Waals surface area contributed by atoms with Crippen molar-refractivity contribution in [1.29, 1.82) is 0 Å². The van der Waals surface area contributed by atoms with E-state index >= 15 is 0 Å². The molecule has 2 heterocycles. The van der Waals surface area contributed by atoms with Crippen molar-refractivity contribution in [2.24, 2.45) is 0 Å². The van der Waals surface area contributed by atoms with Crippen LogP contribution in [-0.4, -0.2) is 34.9 Å². The topological polar surface area (TPSA) is 68.2 Å². The van der Waals surface area contributed by atoms with Crippen molar-refractivity contribution >= 4 is 24.0 Å². The molecule has 1 aliphatic carbocycles. The first kappa shape index (κ1) is 19.7. The highest BCUT2D eigenvalue weighted by Crippen LogP contribution is 2.30. The molecule has 0 unspecified atom stereocenters. The molecule has 1 saturated carbocycles. The highest BCUT2D eigenvalue weighted by Gasteiger charge is 2.42. The van der Waals surface area contributed by atoms with E-state index < -0.39 is 5.54 Å². The number of ether oxygens (including phenoxy) is 1. The minimum atomic E-state index is -0.642. The summed E-state index contributed by atoms with van der Waals surface area (Å²) >= 11 is 0. The lowest BCUT2D eigenvalue weighted by molar-refractivity contribution is -0.126. The maximum Gasteiger partial charge on any atom is 0.252 e. The molecule has 0 spiro atoms. The van der Waals surface area contributed by atoms with Crippen molar-refractivity contribution in [1.82, 2.24) is 15.1 Å². The maximum atomic E-state index is 13.2. The van der Waals surface area contributed by atoms with E-state index in [2.05, 4.69) is 15.7 Å². The number of nitrogens with zero attached hydrogens (tertiary/aromatic N) is 2. The molecule has 146 valence electrons. The first-order chi connectivity index (χ1) is 12.8. The number of carbonyl (C=O) groups is 1. The number of piperidine rings is 1. The van der Waals surface area contributed by atoms with Crippen molar-refractivity contribution in [2.75, 3.05) is 18.4 Å². The van der Waals surface area contributed by atoms with E-state index in [9.17, 15) is 4.79 Å². The van der Waals surface area contributed by atoms with E-state index in [1.807, 2.05) is 41.2 Å². The Morgan fingerprint density at radius 3 is 2.70 bits per heavy atom. The van der Waals surface area contributed by atoms with Gasteiger partial charge >= 0.3 is 0 Å². The van der Waals surface area contributed by atoms with Gasteiger partial charge in [-0.1, -0.05) is 6.07 Å². The van der Waals surface area contributed by atoms with E-state index in [1.165, 1.54) is 12.8 Å². The van der Waals surface area contributed by atoms with Crippen LogP contribution in [0.25, 0.3) is 0 Å². The molecule has 0 bridgehead atoms. The number of benzene rings is 1. The number of hydrogen-bond donors (Lipinski definition) is 2. The van der Waals surface area contributed by atoms with E-state index in [4.69, 9.17) is 4.74 Å². The minimum absolute atomic E-state index is 0. The number of aromatic nitrogens is 2. The van der Waals surface area contributed by atoms with Gasteiger partial charge in [0.2, 0.25) is 0 Å². The lowest BCUT2D eigenvalue weighted by Gasteiger charge is -2.36. The van der Waals surface area contributed by atoms with Crippen LogP contribution in [0.2, 0.25) is 0 Å². The van der Waals surface area contributed by atoms with Crippen LogP contribution in [0.15, 0.2) is 42.7 Å². The molecule has 4 rings (SSSR count). The third-order valence-electron chi connectivity index (χ3n) is 5.49. The summed E-state index contributed by atoms with van der Waals surface area (Å²) < 4.78 is 7.87. The molecular formula is C20H27ClN4O2. The summed E-state index contributed by atoms with van der Waals surface area (Å²) in [7, 11) is 0. The number of carbonyl (C=O) groups excluding carboxylic acids is 1. The maximum absolute atomic E-state index is 13.2. The van der Waals surface area contributed by atoms with E-state index in [0.717, 1.165) is 50.2 Å². The molecular weight excluding hydrogens is 364 g/mol. The zero-order valence-electron chi connectivity index (χ0n) is 15.4.